The first kappa shape index (κ1) is 19.9. The third-order valence-corrected chi connectivity index (χ3v) is 5.03. The van der Waals surface area contributed by atoms with E-state index in [0.29, 0.717) is 12.2 Å². The number of hydrogen-bond acceptors (Lipinski definition) is 5. The number of carbonyl (C=O) groups is 2. The van der Waals surface area contributed by atoms with Gasteiger partial charge in [0.05, 0.1) is 23.9 Å². The van der Waals surface area contributed by atoms with Crippen molar-refractivity contribution in [2.45, 2.75) is 19.9 Å². The summed E-state index contributed by atoms with van der Waals surface area (Å²) in [6, 6.07) is 6.83. The highest BCUT2D eigenvalue weighted by atomic mass is 32.1. The summed E-state index contributed by atoms with van der Waals surface area (Å²) in [5, 5.41) is 6.58. The lowest BCUT2D eigenvalue weighted by molar-refractivity contribution is -0.139. The number of likely N-dealkylation sites (N-methyl/N-ethyl adjacent to an activating group) is 1. The van der Waals surface area contributed by atoms with E-state index in [1.807, 2.05) is 16.8 Å². The topological polar surface area (TPSA) is 67.9 Å². The number of nitrogens with one attached hydrogen (secondary N) is 1. The monoisotopic (exact) mass is 404 g/mol. The number of carbonyl (C=O) groups excluding carboxylic acids is 2. The zero-order chi connectivity index (χ0) is 20.1. The van der Waals surface area contributed by atoms with E-state index in [1.54, 1.807) is 26.0 Å². The molecule has 3 rings (SSSR count). The molecule has 0 aliphatic carbocycles. The molecule has 0 spiro atoms. The first-order valence-corrected chi connectivity index (χ1v) is 9.88. The van der Waals surface area contributed by atoms with Crippen LogP contribution in [-0.2, 0) is 9.53 Å². The van der Waals surface area contributed by atoms with Gasteiger partial charge in [0.15, 0.2) is 11.6 Å². The normalized spacial score (nSPS) is 16.8. The Morgan fingerprint density at radius 3 is 2.71 bits per heavy atom. The number of amides is 2. The standard InChI is InChI=1S/C20H21FN2O4S/c1-3-23-15(11-27-16-8-6-5-7-14(16)21)17(19(24)26-4-2)18(22-20(23)25)13-9-10-28-12-13/h5-10,12,18H,3-4,11H2,1-2H3,(H,22,25). The van der Waals surface area contributed by atoms with Gasteiger partial charge in [-0.1, -0.05) is 12.1 Å². The summed E-state index contributed by atoms with van der Waals surface area (Å²) in [5.41, 5.74) is 1.43. The van der Waals surface area contributed by atoms with Gasteiger partial charge in [0.1, 0.15) is 6.61 Å². The Morgan fingerprint density at radius 2 is 2.07 bits per heavy atom. The van der Waals surface area contributed by atoms with E-state index in [0.717, 1.165) is 5.56 Å². The molecule has 0 saturated carbocycles. The Morgan fingerprint density at radius 1 is 1.29 bits per heavy atom. The van der Waals surface area contributed by atoms with E-state index in [-0.39, 0.29) is 30.6 Å². The molecule has 1 unspecified atom stereocenters. The predicted octanol–water partition coefficient (Wildman–Crippen LogP) is 3.87. The number of halogens is 1. The average molecular weight is 404 g/mol. The van der Waals surface area contributed by atoms with Gasteiger partial charge in [-0.25, -0.2) is 14.0 Å². The van der Waals surface area contributed by atoms with Gasteiger partial charge in [0, 0.05) is 6.54 Å². The van der Waals surface area contributed by atoms with E-state index in [4.69, 9.17) is 9.47 Å². The van der Waals surface area contributed by atoms with Crippen LogP contribution in [0.2, 0.25) is 0 Å². The highest BCUT2D eigenvalue weighted by Gasteiger charge is 2.38. The van der Waals surface area contributed by atoms with Crippen LogP contribution in [0.4, 0.5) is 9.18 Å². The van der Waals surface area contributed by atoms with Crippen molar-refractivity contribution in [3.8, 4) is 5.75 Å². The van der Waals surface area contributed by atoms with Crippen molar-refractivity contribution < 1.29 is 23.5 Å². The SMILES string of the molecule is CCOC(=O)C1=C(COc2ccccc2F)N(CC)C(=O)NC1c1ccsc1. The summed E-state index contributed by atoms with van der Waals surface area (Å²) in [4.78, 5) is 26.8. The number of rotatable bonds is 7. The molecule has 0 bridgehead atoms. The minimum absolute atomic E-state index is 0.0485. The number of thiophene rings is 1. The molecule has 0 radical (unpaired) electrons. The van der Waals surface area contributed by atoms with Crippen LogP contribution in [0.3, 0.4) is 0 Å². The second-order valence-electron chi connectivity index (χ2n) is 5.98. The Bertz CT molecular complexity index is 882. The summed E-state index contributed by atoms with van der Waals surface area (Å²) in [6.07, 6.45) is 0. The number of urea groups is 1. The third-order valence-electron chi connectivity index (χ3n) is 4.33. The van der Waals surface area contributed by atoms with Gasteiger partial charge in [0.25, 0.3) is 0 Å². The van der Waals surface area contributed by atoms with Crippen LogP contribution in [0.1, 0.15) is 25.5 Å². The molecule has 2 aromatic rings. The van der Waals surface area contributed by atoms with E-state index in [1.165, 1.54) is 28.4 Å². The Balaban J connectivity index is 2.04. The largest absolute Gasteiger partial charge is 0.484 e. The van der Waals surface area contributed by atoms with Crippen molar-refractivity contribution >= 4 is 23.3 Å². The van der Waals surface area contributed by atoms with E-state index < -0.39 is 17.8 Å². The summed E-state index contributed by atoms with van der Waals surface area (Å²) >= 11 is 1.46. The summed E-state index contributed by atoms with van der Waals surface area (Å²) in [5.74, 6) is -1.00. The number of hydrogen-bond donors (Lipinski definition) is 1. The van der Waals surface area contributed by atoms with Crippen molar-refractivity contribution in [3.63, 3.8) is 0 Å². The van der Waals surface area contributed by atoms with Crippen LogP contribution in [0.15, 0.2) is 52.4 Å². The van der Waals surface area contributed by atoms with E-state index in [9.17, 15) is 14.0 Å². The van der Waals surface area contributed by atoms with Crippen LogP contribution in [-0.4, -0.2) is 36.7 Å². The van der Waals surface area contributed by atoms with Gasteiger partial charge in [-0.3, -0.25) is 4.90 Å². The van der Waals surface area contributed by atoms with Crippen molar-refractivity contribution in [1.29, 1.82) is 0 Å². The van der Waals surface area contributed by atoms with Crippen LogP contribution in [0, 0.1) is 5.82 Å². The molecular weight excluding hydrogens is 383 g/mol. The predicted molar refractivity (Wildman–Crippen MR) is 104 cm³/mol. The van der Waals surface area contributed by atoms with Gasteiger partial charge < -0.3 is 14.8 Å². The molecule has 1 N–H and O–H groups in total. The molecule has 8 heteroatoms. The van der Waals surface area contributed by atoms with E-state index in [2.05, 4.69) is 5.32 Å². The summed E-state index contributed by atoms with van der Waals surface area (Å²) < 4.78 is 24.8. The van der Waals surface area contributed by atoms with Gasteiger partial charge in [-0.05, 0) is 48.4 Å². The van der Waals surface area contributed by atoms with Crippen molar-refractivity contribution in [2.75, 3.05) is 19.8 Å². The fourth-order valence-corrected chi connectivity index (χ4v) is 3.73. The van der Waals surface area contributed by atoms with Crippen molar-refractivity contribution in [3.05, 3.63) is 63.7 Å². The smallest absolute Gasteiger partial charge is 0.338 e. The van der Waals surface area contributed by atoms with Crippen LogP contribution in [0.25, 0.3) is 0 Å². The molecule has 0 saturated heterocycles. The highest BCUT2D eigenvalue weighted by Crippen LogP contribution is 2.33. The summed E-state index contributed by atoms with van der Waals surface area (Å²) in [7, 11) is 0. The van der Waals surface area contributed by atoms with Crippen molar-refractivity contribution in [2.24, 2.45) is 0 Å². The average Bonchev–Trinajstić information content (AvgIpc) is 3.21. The first-order chi connectivity index (χ1) is 13.6. The minimum Gasteiger partial charge on any atom is -0.484 e. The number of esters is 1. The van der Waals surface area contributed by atoms with E-state index >= 15 is 0 Å². The highest BCUT2D eigenvalue weighted by molar-refractivity contribution is 7.08. The molecule has 1 aliphatic rings. The quantitative estimate of drug-likeness (QED) is 0.712. The Kier molecular flexibility index (Phi) is 6.30. The first-order valence-electron chi connectivity index (χ1n) is 8.94. The lowest BCUT2D eigenvalue weighted by Gasteiger charge is -2.35. The molecule has 148 valence electrons. The van der Waals surface area contributed by atoms with Gasteiger partial charge >= 0.3 is 12.0 Å². The number of ether oxygens (including phenoxy) is 2. The van der Waals surface area contributed by atoms with Crippen LogP contribution in [0.5, 0.6) is 5.75 Å². The number of para-hydroxylation sites is 1. The third kappa shape index (κ3) is 4.01. The van der Waals surface area contributed by atoms with Crippen LogP contribution >= 0.6 is 11.3 Å². The van der Waals surface area contributed by atoms with Gasteiger partial charge in [0.2, 0.25) is 0 Å². The lowest BCUT2D eigenvalue weighted by atomic mass is 9.96. The molecule has 2 heterocycles. The minimum atomic E-state index is -0.653. The Labute approximate surface area is 166 Å². The maximum atomic E-state index is 14.0. The molecule has 28 heavy (non-hydrogen) atoms. The lowest BCUT2D eigenvalue weighted by Crippen LogP contribution is -2.49. The number of benzene rings is 1. The molecule has 0 fully saturated rings. The van der Waals surface area contributed by atoms with Gasteiger partial charge in [-0.15, -0.1) is 0 Å². The second-order valence-corrected chi connectivity index (χ2v) is 6.76. The molecule has 2 amide bonds. The molecule has 6 nitrogen and oxygen atoms in total. The molecule has 1 atom stereocenters. The van der Waals surface area contributed by atoms with Crippen molar-refractivity contribution in [1.82, 2.24) is 10.2 Å². The van der Waals surface area contributed by atoms with Crippen LogP contribution < -0.4 is 10.1 Å². The number of nitrogens with zero attached hydrogens (tertiary/aromatic N) is 1. The molecular formula is C20H21FN2O4S. The second kappa shape index (κ2) is 8.88. The molecule has 1 aromatic heterocycles. The Hall–Kier alpha value is -2.87. The maximum Gasteiger partial charge on any atom is 0.338 e. The fourth-order valence-electron chi connectivity index (χ4n) is 3.04. The maximum absolute atomic E-state index is 14.0. The molecule has 1 aliphatic heterocycles. The fraction of sp³-hybridized carbons (Fsp3) is 0.300. The van der Waals surface area contributed by atoms with Gasteiger partial charge in [-0.2, -0.15) is 11.3 Å². The zero-order valence-electron chi connectivity index (χ0n) is 15.6. The summed E-state index contributed by atoms with van der Waals surface area (Å²) in [6.45, 7) is 3.88. The molecule has 1 aromatic carbocycles. The zero-order valence-corrected chi connectivity index (χ0v) is 16.4.